The number of imidazole rings is 1. The van der Waals surface area contributed by atoms with E-state index in [4.69, 9.17) is 4.74 Å². The number of hydrogen-bond acceptors (Lipinski definition) is 6. The van der Waals surface area contributed by atoms with E-state index < -0.39 is 17.7 Å². The molecule has 31 heavy (non-hydrogen) atoms. The number of aliphatic hydroxyl groups excluding tert-OH is 1. The van der Waals surface area contributed by atoms with E-state index in [9.17, 15) is 14.7 Å². The highest BCUT2D eigenvalue weighted by atomic mass is 16.5. The van der Waals surface area contributed by atoms with E-state index in [-0.39, 0.29) is 11.3 Å². The Morgan fingerprint density at radius 1 is 1.13 bits per heavy atom. The lowest BCUT2D eigenvalue weighted by atomic mass is 9.96. The van der Waals surface area contributed by atoms with Gasteiger partial charge < -0.3 is 19.3 Å². The maximum atomic E-state index is 13.0. The summed E-state index contributed by atoms with van der Waals surface area (Å²) in [6.45, 7) is 0.996. The molecule has 8 nitrogen and oxygen atoms in total. The van der Waals surface area contributed by atoms with Gasteiger partial charge in [0.2, 0.25) is 0 Å². The molecule has 0 saturated carbocycles. The summed E-state index contributed by atoms with van der Waals surface area (Å²) in [7, 11) is 1.52. The molecule has 1 saturated heterocycles. The summed E-state index contributed by atoms with van der Waals surface area (Å²) in [5, 5.41) is 11.0. The number of amides is 1. The standard InChI is InChI=1S/C23H22N4O4/c1-31-18-7-2-5-16(13-18)21(28)19-20(17-6-3-8-24-14-17)27(23(30)22(19)29)11-4-10-26-12-9-25-15-26/h2-3,5-9,12-15,20,28H,4,10-11H2,1H3/t20-/m1/s1. The van der Waals surface area contributed by atoms with Crippen LogP contribution in [-0.2, 0) is 16.1 Å². The van der Waals surface area contributed by atoms with Gasteiger partial charge in [0.15, 0.2) is 0 Å². The van der Waals surface area contributed by atoms with Crippen LogP contribution in [0.25, 0.3) is 5.76 Å². The molecule has 3 aromatic rings. The number of ether oxygens (including phenoxy) is 1. The lowest BCUT2D eigenvalue weighted by Gasteiger charge is -2.25. The third-order valence-corrected chi connectivity index (χ3v) is 5.26. The topological polar surface area (TPSA) is 97.6 Å². The monoisotopic (exact) mass is 418 g/mol. The van der Waals surface area contributed by atoms with Gasteiger partial charge in [-0.15, -0.1) is 0 Å². The predicted octanol–water partition coefficient (Wildman–Crippen LogP) is 2.80. The number of methoxy groups -OCH3 is 1. The minimum atomic E-state index is -0.720. The summed E-state index contributed by atoms with van der Waals surface area (Å²) in [6.07, 6.45) is 9.09. The first-order chi connectivity index (χ1) is 15.1. The highest BCUT2D eigenvalue weighted by molar-refractivity contribution is 6.46. The second-order valence-corrected chi connectivity index (χ2v) is 7.16. The Labute approximate surface area is 179 Å². The van der Waals surface area contributed by atoms with Gasteiger partial charge in [0.05, 0.1) is 25.1 Å². The van der Waals surface area contributed by atoms with Gasteiger partial charge in [-0.05, 0) is 30.2 Å². The van der Waals surface area contributed by atoms with E-state index in [2.05, 4.69) is 9.97 Å². The number of hydrogen-bond donors (Lipinski definition) is 1. The third kappa shape index (κ3) is 4.05. The summed E-state index contributed by atoms with van der Waals surface area (Å²) < 4.78 is 7.13. The molecule has 0 radical (unpaired) electrons. The van der Waals surface area contributed by atoms with Crippen LogP contribution in [-0.4, -0.2) is 49.9 Å². The maximum absolute atomic E-state index is 13.0. The van der Waals surface area contributed by atoms with Crippen molar-refractivity contribution >= 4 is 17.4 Å². The molecule has 1 N–H and O–H groups in total. The normalized spacial score (nSPS) is 17.8. The number of pyridine rings is 1. The number of carbonyl (C=O) groups excluding carboxylic acids is 2. The van der Waals surface area contributed by atoms with Crippen LogP contribution in [0.3, 0.4) is 0 Å². The van der Waals surface area contributed by atoms with Gasteiger partial charge in [0.25, 0.3) is 11.7 Å². The van der Waals surface area contributed by atoms with E-state index in [1.807, 2.05) is 10.8 Å². The first-order valence-corrected chi connectivity index (χ1v) is 9.88. The Kier molecular flexibility index (Phi) is 5.79. The Balaban J connectivity index is 1.72. The zero-order valence-electron chi connectivity index (χ0n) is 17.0. The fraction of sp³-hybridized carbons (Fsp3) is 0.217. The second kappa shape index (κ2) is 8.83. The third-order valence-electron chi connectivity index (χ3n) is 5.26. The Bertz CT molecular complexity index is 1110. The zero-order chi connectivity index (χ0) is 21.8. The summed E-state index contributed by atoms with van der Waals surface area (Å²) in [5.41, 5.74) is 1.12. The van der Waals surface area contributed by atoms with Crippen molar-refractivity contribution in [2.45, 2.75) is 19.0 Å². The van der Waals surface area contributed by atoms with Crippen LogP contribution in [0.15, 0.2) is 73.1 Å². The van der Waals surface area contributed by atoms with E-state index in [1.165, 1.54) is 12.0 Å². The fourth-order valence-corrected chi connectivity index (χ4v) is 3.76. The molecular weight excluding hydrogens is 396 g/mol. The molecule has 0 bridgehead atoms. The van der Waals surface area contributed by atoms with E-state index in [0.717, 1.165) is 0 Å². The molecule has 1 fully saturated rings. The lowest BCUT2D eigenvalue weighted by Crippen LogP contribution is -2.31. The molecule has 3 heterocycles. The fourth-order valence-electron chi connectivity index (χ4n) is 3.76. The molecule has 4 rings (SSSR count). The van der Waals surface area contributed by atoms with Gasteiger partial charge in [-0.2, -0.15) is 0 Å². The molecule has 2 aromatic heterocycles. The highest BCUT2D eigenvalue weighted by Crippen LogP contribution is 2.39. The zero-order valence-corrected chi connectivity index (χ0v) is 17.0. The molecule has 1 aromatic carbocycles. The average Bonchev–Trinajstić information content (AvgIpc) is 3.41. The van der Waals surface area contributed by atoms with Gasteiger partial charge in [0.1, 0.15) is 11.5 Å². The van der Waals surface area contributed by atoms with Crippen molar-refractivity contribution in [3.63, 3.8) is 0 Å². The molecule has 158 valence electrons. The molecule has 0 unspecified atom stereocenters. The minimum absolute atomic E-state index is 0.0499. The van der Waals surface area contributed by atoms with Crippen molar-refractivity contribution in [3.8, 4) is 5.75 Å². The number of ketones is 1. The van der Waals surface area contributed by atoms with E-state index in [0.29, 0.717) is 36.4 Å². The van der Waals surface area contributed by atoms with Crippen molar-refractivity contribution in [2.75, 3.05) is 13.7 Å². The molecule has 0 spiro atoms. The first kappa shape index (κ1) is 20.3. The van der Waals surface area contributed by atoms with Gasteiger partial charge in [-0.1, -0.05) is 18.2 Å². The quantitative estimate of drug-likeness (QED) is 0.360. The Hall–Kier alpha value is -3.94. The lowest BCUT2D eigenvalue weighted by molar-refractivity contribution is -0.139. The summed E-state index contributed by atoms with van der Waals surface area (Å²) in [4.78, 5) is 35.6. The largest absolute Gasteiger partial charge is 0.507 e. The van der Waals surface area contributed by atoms with Crippen molar-refractivity contribution in [1.29, 1.82) is 0 Å². The number of carbonyl (C=O) groups is 2. The number of aromatic nitrogens is 3. The molecule has 1 aliphatic rings. The smallest absolute Gasteiger partial charge is 0.295 e. The van der Waals surface area contributed by atoms with Crippen LogP contribution < -0.4 is 4.74 Å². The van der Waals surface area contributed by atoms with E-state index >= 15 is 0 Å². The average molecular weight is 418 g/mol. The van der Waals surface area contributed by atoms with Crippen molar-refractivity contribution < 1.29 is 19.4 Å². The van der Waals surface area contributed by atoms with Gasteiger partial charge in [-0.25, -0.2) is 4.98 Å². The molecule has 1 atom stereocenters. The SMILES string of the molecule is COc1cccc(C(O)=C2C(=O)C(=O)N(CCCn3ccnc3)[C@@H]2c2cccnc2)c1. The highest BCUT2D eigenvalue weighted by Gasteiger charge is 2.45. The number of aliphatic hydroxyl groups is 1. The van der Waals surface area contributed by atoms with E-state index in [1.54, 1.807) is 61.3 Å². The maximum Gasteiger partial charge on any atom is 0.295 e. The molecule has 1 amide bonds. The van der Waals surface area contributed by atoms with Gasteiger partial charge in [-0.3, -0.25) is 14.6 Å². The minimum Gasteiger partial charge on any atom is -0.507 e. The predicted molar refractivity (Wildman–Crippen MR) is 113 cm³/mol. The summed E-state index contributed by atoms with van der Waals surface area (Å²) in [5.74, 6) is -1.04. The van der Waals surface area contributed by atoms with Crippen LogP contribution in [0, 0.1) is 0 Å². The molecule has 8 heteroatoms. The van der Waals surface area contributed by atoms with Crippen LogP contribution in [0.5, 0.6) is 5.75 Å². The second-order valence-electron chi connectivity index (χ2n) is 7.16. The number of nitrogens with zero attached hydrogens (tertiary/aromatic N) is 4. The number of Topliss-reactive ketones (excluding diaryl/α,β-unsaturated/α-hetero) is 1. The number of likely N-dealkylation sites (tertiary alicyclic amines) is 1. The van der Waals surface area contributed by atoms with Gasteiger partial charge >= 0.3 is 0 Å². The Morgan fingerprint density at radius 3 is 2.71 bits per heavy atom. The molecule has 0 aliphatic carbocycles. The number of benzene rings is 1. The molecule has 1 aliphatic heterocycles. The number of rotatable bonds is 7. The summed E-state index contributed by atoms with van der Waals surface area (Å²) >= 11 is 0. The van der Waals surface area contributed by atoms with Crippen LogP contribution in [0.1, 0.15) is 23.6 Å². The van der Waals surface area contributed by atoms with Crippen molar-refractivity contribution in [3.05, 3.63) is 84.2 Å². The van der Waals surface area contributed by atoms with Crippen LogP contribution >= 0.6 is 0 Å². The Morgan fingerprint density at radius 2 is 2.00 bits per heavy atom. The molecular formula is C23H22N4O4. The summed E-state index contributed by atoms with van der Waals surface area (Å²) in [6, 6.07) is 9.57. The van der Waals surface area contributed by atoms with Gasteiger partial charge in [0, 0.05) is 43.4 Å². The number of aryl methyl sites for hydroxylation is 1. The van der Waals surface area contributed by atoms with Crippen molar-refractivity contribution in [2.24, 2.45) is 0 Å². The van der Waals surface area contributed by atoms with Crippen LogP contribution in [0.2, 0.25) is 0 Å². The van der Waals surface area contributed by atoms with Crippen LogP contribution in [0.4, 0.5) is 0 Å². The first-order valence-electron chi connectivity index (χ1n) is 9.88. The van der Waals surface area contributed by atoms with Crippen molar-refractivity contribution in [1.82, 2.24) is 19.4 Å².